The zero-order valence-electron chi connectivity index (χ0n) is 11.0. The van der Waals surface area contributed by atoms with Gasteiger partial charge in [0.1, 0.15) is 0 Å². The van der Waals surface area contributed by atoms with Crippen LogP contribution < -0.4 is 0 Å². The standard InChI is InChI=1S/C13H15BrN2O2S/c1-4-9(7(2)14)10-5-11-13(19-8(3)15-11)6-12(10)16(17)18/h5-7,9H,4H2,1-3H3. The van der Waals surface area contributed by atoms with Crippen molar-refractivity contribution in [1.82, 2.24) is 4.98 Å². The van der Waals surface area contributed by atoms with Crippen molar-refractivity contribution in [3.8, 4) is 0 Å². The molecule has 0 spiro atoms. The van der Waals surface area contributed by atoms with Gasteiger partial charge in [-0.3, -0.25) is 10.1 Å². The molecular formula is C13H15BrN2O2S. The summed E-state index contributed by atoms with van der Waals surface area (Å²) >= 11 is 5.04. The van der Waals surface area contributed by atoms with Crippen LogP contribution in [0.25, 0.3) is 10.2 Å². The van der Waals surface area contributed by atoms with Gasteiger partial charge in [0, 0.05) is 22.4 Å². The van der Waals surface area contributed by atoms with Gasteiger partial charge >= 0.3 is 0 Å². The van der Waals surface area contributed by atoms with Gasteiger partial charge in [0.25, 0.3) is 5.69 Å². The van der Waals surface area contributed by atoms with Crippen LogP contribution in [0.4, 0.5) is 5.69 Å². The number of nitro groups is 1. The van der Waals surface area contributed by atoms with Gasteiger partial charge < -0.3 is 0 Å². The number of aromatic nitrogens is 1. The second-order valence-electron chi connectivity index (χ2n) is 4.56. The van der Waals surface area contributed by atoms with E-state index >= 15 is 0 Å². The van der Waals surface area contributed by atoms with Crippen molar-refractivity contribution in [2.75, 3.05) is 0 Å². The van der Waals surface area contributed by atoms with E-state index in [2.05, 4.69) is 20.9 Å². The number of rotatable bonds is 4. The molecule has 1 aromatic heterocycles. The zero-order chi connectivity index (χ0) is 14.2. The third-order valence-electron chi connectivity index (χ3n) is 3.23. The van der Waals surface area contributed by atoms with E-state index in [0.717, 1.165) is 27.2 Å². The predicted octanol–water partition coefficient (Wildman–Crippen LogP) is 4.79. The van der Waals surface area contributed by atoms with Crippen LogP contribution >= 0.6 is 27.3 Å². The number of halogens is 1. The number of thiazole rings is 1. The van der Waals surface area contributed by atoms with Crippen LogP contribution in [0.5, 0.6) is 0 Å². The molecule has 19 heavy (non-hydrogen) atoms. The van der Waals surface area contributed by atoms with Gasteiger partial charge in [0.2, 0.25) is 0 Å². The Balaban J connectivity index is 2.68. The van der Waals surface area contributed by atoms with Crippen LogP contribution in [0.2, 0.25) is 0 Å². The van der Waals surface area contributed by atoms with Gasteiger partial charge in [0.15, 0.2) is 0 Å². The molecular weight excluding hydrogens is 328 g/mol. The van der Waals surface area contributed by atoms with E-state index in [1.54, 1.807) is 6.07 Å². The van der Waals surface area contributed by atoms with Gasteiger partial charge in [-0.05, 0) is 19.4 Å². The van der Waals surface area contributed by atoms with Crippen LogP contribution in [0, 0.1) is 17.0 Å². The first-order valence-electron chi connectivity index (χ1n) is 6.13. The van der Waals surface area contributed by atoms with Crippen molar-refractivity contribution in [3.05, 3.63) is 32.8 Å². The lowest BCUT2D eigenvalue weighted by molar-refractivity contribution is -0.385. The Morgan fingerprint density at radius 3 is 2.74 bits per heavy atom. The second-order valence-corrected chi connectivity index (χ2v) is 7.24. The molecule has 0 saturated heterocycles. The summed E-state index contributed by atoms with van der Waals surface area (Å²) in [6.45, 7) is 5.98. The van der Waals surface area contributed by atoms with Gasteiger partial charge in [-0.2, -0.15) is 0 Å². The summed E-state index contributed by atoms with van der Waals surface area (Å²) in [5.74, 6) is 0.117. The van der Waals surface area contributed by atoms with Gasteiger partial charge in [-0.25, -0.2) is 4.98 Å². The first kappa shape index (κ1) is 14.4. The minimum absolute atomic E-state index is 0.117. The number of fused-ring (bicyclic) bond motifs is 1. The summed E-state index contributed by atoms with van der Waals surface area (Å²) in [5.41, 5.74) is 1.83. The highest BCUT2D eigenvalue weighted by molar-refractivity contribution is 9.09. The predicted molar refractivity (Wildman–Crippen MR) is 82.4 cm³/mol. The molecule has 0 saturated carbocycles. The Kier molecular flexibility index (Phi) is 4.20. The van der Waals surface area contributed by atoms with Gasteiger partial charge in [0.05, 0.1) is 20.1 Å². The van der Waals surface area contributed by atoms with Gasteiger partial charge in [-0.1, -0.05) is 29.8 Å². The molecule has 2 rings (SSSR count). The van der Waals surface area contributed by atoms with E-state index in [9.17, 15) is 10.1 Å². The van der Waals surface area contributed by atoms with Crippen molar-refractivity contribution in [1.29, 1.82) is 0 Å². The molecule has 0 amide bonds. The maximum absolute atomic E-state index is 11.3. The maximum Gasteiger partial charge on any atom is 0.274 e. The average Bonchev–Trinajstić information content (AvgIpc) is 2.67. The largest absolute Gasteiger partial charge is 0.274 e. The van der Waals surface area contributed by atoms with Crippen LogP contribution in [-0.2, 0) is 0 Å². The third-order valence-corrected chi connectivity index (χ3v) is 4.81. The van der Waals surface area contributed by atoms with E-state index in [1.807, 2.05) is 26.8 Å². The number of alkyl halides is 1. The van der Waals surface area contributed by atoms with Crippen molar-refractivity contribution in [3.63, 3.8) is 0 Å². The monoisotopic (exact) mass is 342 g/mol. The van der Waals surface area contributed by atoms with E-state index in [-0.39, 0.29) is 21.4 Å². The fourth-order valence-corrected chi connectivity index (χ4v) is 3.84. The Hall–Kier alpha value is -1.01. The Labute approximate surface area is 124 Å². The Morgan fingerprint density at radius 2 is 2.21 bits per heavy atom. The Bertz CT molecular complexity index is 624. The molecule has 0 radical (unpaired) electrons. The number of hydrogen-bond donors (Lipinski definition) is 0. The van der Waals surface area contributed by atoms with Gasteiger partial charge in [-0.15, -0.1) is 11.3 Å². The smallest absolute Gasteiger partial charge is 0.258 e. The quantitative estimate of drug-likeness (QED) is 0.456. The van der Waals surface area contributed by atoms with Crippen molar-refractivity contribution in [2.45, 2.75) is 37.9 Å². The molecule has 0 N–H and O–H groups in total. The first-order chi connectivity index (χ1) is 8.93. The van der Waals surface area contributed by atoms with Crippen LogP contribution in [0.15, 0.2) is 12.1 Å². The van der Waals surface area contributed by atoms with Crippen LogP contribution in [-0.4, -0.2) is 14.7 Å². The number of nitrogens with zero attached hydrogens (tertiary/aromatic N) is 2. The normalized spacial score (nSPS) is 14.5. The Morgan fingerprint density at radius 1 is 1.53 bits per heavy atom. The lowest BCUT2D eigenvalue weighted by Gasteiger charge is -2.18. The summed E-state index contributed by atoms with van der Waals surface area (Å²) in [6, 6.07) is 3.54. The molecule has 1 heterocycles. The minimum atomic E-state index is -0.290. The molecule has 2 atom stereocenters. The van der Waals surface area contributed by atoms with Crippen molar-refractivity contribution in [2.24, 2.45) is 0 Å². The highest BCUT2D eigenvalue weighted by Gasteiger charge is 2.25. The molecule has 0 aliphatic carbocycles. The van der Waals surface area contributed by atoms with Crippen LogP contribution in [0.3, 0.4) is 0 Å². The second kappa shape index (κ2) is 5.54. The number of benzene rings is 1. The molecule has 0 fully saturated rings. The molecule has 4 nitrogen and oxygen atoms in total. The molecule has 0 aliphatic heterocycles. The SMILES string of the molecule is CCC(c1cc2nc(C)sc2cc1[N+](=O)[O-])C(C)Br. The highest BCUT2D eigenvalue weighted by atomic mass is 79.9. The maximum atomic E-state index is 11.3. The summed E-state index contributed by atoms with van der Waals surface area (Å²) in [7, 11) is 0. The van der Waals surface area contributed by atoms with Crippen LogP contribution in [0.1, 0.15) is 36.8 Å². The lowest BCUT2D eigenvalue weighted by Crippen LogP contribution is -2.10. The number of hydrogen-bond acceptors (Lipinski definition) is 4. The van der Waals surface area contributed by atoms with Crippen molar-refractivity contribution < 1.29 is 4.92 Å². The van der Waals surface area contributed by atoms with E-state index in [1.165, 1.54) is 11.3 Å². The van der Waals surface area contributed by atoms with E-state index in [0.29, 0.717) is 0 Å². The van der Waals surface area contributed by atoms with Crippen molar-refractivity contribution >= 4 is 43.2 Å². The fourth-order valence-electron chi connectivity index (χ4n) is 2.34. The number of aryl methyl sites for hydroxylation is 1. The summed E-state index contributed by atoms with van der Waals surface area (Å²) in [5, 5.41) is 12.2. The molecule has 6 heteroatoms. The lowest BCUT2D eigenvalue weighted by atomic mass is 9.92. The average molecular weight is 343 g/mol. The topological polar surface area (TPSA) is 56.0 Å². The summed E-state index contributed by atoms with van der Waals surface area (Å²) in [6.07, 6.45) is 0.849. The minimum Gasteiger partial charge on any atom is -0.258 e. The fraction of sp³-hybridized carbons (Fsp3) is 0.462. The molecule has 0 bridgehead atoms. The number of nitro benzene ring substituents is 1. The molecule has 2 aromatic rings. The van der Waals surface area contributed by atoms with E-state index < -0.39 is 0 Å². The molecule has 102 valence electrons. The molecule has 0 aliphatic rings. The summed E-state index contributed by atoms with van der Waals surface area (Å²) < 4.78 is 0.880. The van der Waals surface area contributed by atoms with E-state index in [4.69, 9.17) is 0 Å². The summed E-state index contributed by atoms with van der Waals surface area (Å²) in [4.78, 5) is 15.6. The highest BCUT2D eigenvalue weighted by Crippen LogP contribution is 2.38. The third kappa shape index (κ3) is 2.79. The molecule has 2 unspecified atom stereocenters. The molecule has 1 aromatic carbocycles. The zero-order valence-corrected chi connectivity index (χ0v) is 13.4. The first-order valence-corrected chi connectivity index (χ1v) is 7.86.